The van der Waals surface area contributed by atoms with Gasteiger partial charge in [-0.05, 0) is 61.7 Å². The van der Waals surface area contributed by atoms with Crippen LogP contribution in [0.1, 0.15) is 24.2 Å². The normalized spacial score (nSPS) is 11.1. The molecule has 1 heterocycles. The summed E-state index contributed by atoms with van der Waals surface area (Å²) in [6, 6.07) is 8.02. The summed E-state index contributed by atoms with van der Waals surface area (Å²) in [5.41, 5.74) is 2.47. The van der Waals surface area contributed by atoms with Gasteiger partial charge in [-0.15, -0.1) is 0 Å². The van der Waals surface area contributed by atoms with Gasteiger partial charge in [-0.25, -0.2) is 8.78 Å². The summed E-state index contributed by atoms with van der Waals surface area (Å²) in [5, 5.41) is 9.45. The van der Waals surface area contributed by atoms with E-state index in [2.05, 4.69) is 0 Å². The van der Waals surface area contributed by atoms with Gasteiger partial charge in [-0.1, -0.05) is 0 Å². The second kappa shape index (κ2) is 7.15. The van der Waals surface area contributed by atoms with E-state index in [1.165, 1.54) is 12.1 Å². The maximum absolute atomic E-state index is 14.4. The van der Waals surface area contributed by atoms with E-state index in [1.807, 2.05) is 32.0 Å². The van der Waals surface area contributed by atoms with E-state index in [1.54, 1.807) is 0 Å². The molecule has 4 nitrogen and oxygen atoms in total. The first-order chi connectivity index (χ1) is 12.3. The molecule has 6 heteroatoms. The highest BCUT2D eigenvalue weighted by atomic mass is 19.1. The van der Waals surface area contributed by atoms with Crippen LogP contribution in [0.2, 0.25) is 0 Å². The Bertz CT molecular complexity index is 952. The Morgan fingerprint density at radius 3 is 2.46 bits per heavy atom. The minimum Gasteiger partial charge on any atom is -0.488 e. The molecule has 0 unspecified atom stereocenters. The fourth-order valence-electron chi connectivity index (χ4n) is 2.90. The Hall–Kier alpha value is -2.89. The average Bonchev–Trinajstić information content (AvgIpc) is 2.92. The lowest BCUT2D eigenvalue weighted by Gasteiger charge is -2.11. The van der Waals surface area contributed by atoms with Gasteiger partial charge >= 0.3 is 5.97 Å². The van der Waals surface area contributed by atoms with Gasteiger partial charge in [0.1, 0.15) is 11.3 Å². The van der Waals surface area contributed by atoms with E-state index >= 15 is 0 Å². The SMILES string of the molecule is Cc1cc(-c2cc(F)c(OCCCC(=O)O)c(F)c2)c2oc(C)cc2c1. The van der Waals surface area contributed by atoms with Gasteiger partial charge in [0.25, 0.3) is 0 Å². The molecule has 0 saturated heterocycles. The van der Waals surface area contributed by atoms with Crippen LogP contribution >= 0.6 is 0 Å². The molecule has 2 aromatic carbocycles. The van der Waals surface area contributed by atoms with Crippen LogP contribution in [0, 0.1) is 25.5 Å². The molecule has 136 valence electrons. The number of rotatable bonds is 6. The van der Waals surface area contributed by atoms with Gasteiger partial charge in [-0.2, -0.15) is 0 Å². The minimum atomic E-state index is -0.984. The summed E-state index contributed by atoms with van der Waals surface area (Å²) in [5.74, 6) is -2.45. The zero-order chi connectivity index (χ0) is 18.8. The second-order valence-electron chi connectivity index (χ2n) is 6.20. The third kappa shape index (κ3) is 3.69. The molecule has 0 atom stereocenters. The summed E-state index contributed by atoms with van der Waals surface area (Å²) in [6.07, 6.45) is 0.0422. The maximum Gasteiger partial charge on any atom is 0.303 e. The zero-order valence-corrected chi connectivity index (χ0v) is 14.4. The van der Waals surface area contributed by atoms with Gasteiger partial charge < -0.3 is 14.3 Å². The van der Waals surface area contributed by atoms with Crippen molar-refractivity contribution in [2.75, 3.05) is 6.61 Å². The van der Waals surface area contributed by atoms with Crippen molar-refractivity contribution in [3.8, 4) is 16.9 Å². The lowest BCUT2D eigenvalue weighted by Crippen LogP contribution is -2.04. The Labute approximate surface area is 149 Å². The molecule has 1 N–H and O–H groups in total. The highest BCUT2D eigenvalue weighted by Crippen LogP contribution is 2.35. The molecule has 0 amide bonds. The molecular formula is C20H18F2O4. The first-order valence-electron chi connectivity index (χ1n) is 8.20. The topological polar surface area (TPSA) is 59.7 Å². The zero-order valence-electron chi connectivity index (χ0n) is 14.4. The number of carboxylic acids is 1. The predicted octanol–water partition coefficient (Wildman–Crippen LogP) is 5.24. The van der Waals surface area contributed by atoms with Gasteiger partial charge in [0.2, 0.25) is 0 Å². The summed E-state index contributed by atoms with van der Waals surface area (Å²) >= 11 is 0. The number of benzene rings is 2. The van der Waals surface area contributed by atoms with E-state index in [0.717, 1.165) is 10.9 Å². The van der Waals surface area contributed by atoms with Crippen molar-refractivity contribution >= 4 is 16.9 Å². The number of carbonyl (C=O) groups is 1. The molecule has 3 aromatic rings. The van der Waals surface area contributed by atoms with Crippen LogP contribution in [-0.2, 0) is 4.79 Å². The Morgan fingerprint density at radius 1 is 1.12 bits per heavy atom. The molecule has 0 spiro atoms. The monoisotopic (exact) mass is 360 g/mol. The molecule has 0 aliphatic carbocycles. The number of hydrogen-bond donors (Lipinski definition) is 1. The van der Waals surface area contributed by atoms with E-state index in [0.29, 0.717) is 22.5 Å². The van der Waals surface area contributed by atoms with Crippen LogP contribution in [0.5, 0.6) is 5.75 Å². The van der Waals surface area contributed by atoms with Crippen molar-refractivity contribution in [2.24, 2.45) is 0 Å². The van der Waals surface area contributed by atoms with Crippen LogP contribution in [-0.4, -0.2) is 17.7 Å². The molecule has 0 bridgehead atoms. The first kappa shape index (κ1) is 17.9. The number of fused-ring (bicyclic) bond motifs is 1. The number of furan rings is 1. The molecule has 0 fully saturated rings. The lowest BCUT2D eigenvalue weighted by molar-refractivity contribution is -0.137. The molecule has 3 rings (SSSR count). The van der Waals surface area contributed by atoms with Crippen molar-refractivity contribution < 1.29 is 27.8 Å². The van der Waals surface area contributed by atoms with E-state index in [9.17, 15) is 13.6 Å². The molecule has 1 aromatic heterocycles. The Balaban J connectivity index is 1.94. The molecule has 26 heavy (non-hydrogen) atoms. The van der Waals surface area contributed by atoms with Crippen molar-refractivity contribution in [2.45, 2.75) is 26.7 Å². The van der Waals surface area contributed by atoms with Gasteiger partial charge in [0.05, 0.1) is 6.61 Å². The molecule has 0 aliphatic rings. The third-order valence-corrected chi connectivity index (χ3v) is 3.97. The number of halogens is 2. The van der Waals surface area contributed by atoms with Gasteiger partial charge in [-0.3, -0.25) is 4.79 Å². The molecule has 0 saturated carbocycles. The number of hydrogen-bond acceptors (Lipinski definition) is 3. The van der Waals surface area contributed by atoms with Crippen LogP contribution < -0.4 is 4.74 Å². The lowest BCUT2D eigenvalue weighted by atomic mass is 10.0. The molecular weight excluding hydrogens is 342 g/mol. The van der Waals surface area contributed by atoms with Gasteiger partial charge in [0, 0.05) is 17.4 Å². The maximum atomic E-state index is 14.4. The quantitative estimate of drug-likeness (QED) is 0.611. The fourth-order valence-corrected chi connectivity index (χ4v) is 2.90. The standard InChI is InChI=1S/C20H18F2O4/c1-11-6-14-8-12(2)26-19(14)15(7-11)13-9-16(21)20(17(22)10-13)25-5-3-4-18(23)24/h6-10H,3-5H2,1-2H3,(H,23,24). The largest absolute Gasteiger partial charge is 0.488 e. The summed E-state index contributed by atoms with van der Waals surface area (Å²) < 4.78 is 39.5. The van der Waals surface area contributed by atoms with Crippen molar-refractivity contribution in [1.82, 2.24) is 0 Å². The highest BCUT2D eigenvalue weighted by Gasteiger charge is 2.17. The average molecular weight is 360 g/mol. The Kier molecular flexibility index (Phi) is 4.93. The number of carboxylic acid groups (broad SMARTS) is 1. The fraction of sp³-hybridized carbons (Fsp3) is 0.250. The Morgan fingerprint density at radius 2 is 1.81 bits per heavy atom. The molecule has 0 radical (unpaired) electrons. The van der Waals surface area contributed by atoms with Crippen LogP contribution in [0.15, 0.2) is 34.7 Å². The van der Waals surface area contributed by atoms with Crippen molar-refractivity contribution in [1.29, 1.82) is 0 Å². The van der Waals surface area contributed by atoms with Crippen molar-refractivity contribution in [3.63, 3.8) is 0 Å². The van der Waals surface area contributed by atoms with Crippen LogP contribution in [0.25, 0.3) is 22.1 Å². The number of aliphatic carboxylic acids is 1. The van der Waals surface area contributed by atoms with Crippen LogP contribution in [0.3, 0.4) is 0 Å². The number of aryl methyl sites for hydroxylation is 2. The number of ether oxygens (including phenoxy) is 1. The van der Waals surface area contributed by atoms with E-state index in [-0.39, 0.29) is 19.4 Å². The molecule has 0 aliphatic heterocycles. The highest BCUT2D eigenvalue weighted by molar-refractivity contribution is 5.93. The van der Waals surface area contributed by atoms with Gasteiger partial charge in [0.15, 0.2) is 17.4 Å². The third-order valence-electron chi connectivity index (χ3n) is 3.97. The second-order valence-corrected chi connectivity index (χ2v) is 6.20. The van der Waals surface area contributed by atoms with E-state index in [4.69, 9.17) is 14.3 Å². The summed E-state index contributed by atoms with van der Waals surface area (Å²) in [6.45, 7) is 3.64. The smallest absolute Gasteiger partial charge is 0.303 e. The minimum absolute atomic E-state index is 0.0778. The van der Waals surface area contributed by atoms with Crippen LogP contribution in [0.4, 0.5) is 8.78 Å². The summed E-state index contributed by atoms with van der Waals surface area (Å²) in [4.78, 5) is 10.5. The summed E-state index contributed by atoms with van der Waals surface area (Å²) in [7, 11) is 0. The predicted molar refractivity (Wildman–Crippen MR) is 93.4 cm³/mol. The first-order valence-corrected chi connectivity index (χ1v) is 8.20. The van der Waals surface area contributed by atoms with Crippen molar-refractivity contribution in [3.05, 3.63) is 53.3 Å². The van der Waals surface area contributed by atoms with E-state index < -0.39 is 23.4 Å².